The van der Waals surface area contributed by atoms with Gasteiger partial charge in [0.2, 0.25) is 5.95 Å². The van der Waals surface area contributed by atoms with Gasteiger partial charge in [-0.1, -0.05) is 6.07 Å². The Morgan fingerprint density at radius 3 is 2.81 bits per heavy atom. The number of carbonyl (C=O) groups excluding carboxylic acids is 1. The fourth-order valence-corrected chi connectivity index (χ4v) is 1.08. The van der Waals surface area contributed by atoms with Crippen LogP contribution < -0.4 is 5.32 Å². The van der Waals surface area contributed by atoms with Gasteiger partial charge in [-0.25, -0.2) is 4.98 Å². The third-order valence-corrected chi connectivity index (χ3v) is 1.76. The summed E-state index contributed by atoms with van der Waals surface area (Å²) >= 11 is 0. The van der Waals surface area contributed by atoms with Crippen molar-refractivity contribution in [1.82, 2.24) is 15.2 Å². The Hall–Kier alpha value is -2.37. The third-order valence-electron chi connectivity index (χ3n) is 1.76. The molecule has 0 aliphatic heterocycles. The number of nitrogens with zero attached hydrogens (tertiary/aromatic N) is 3. The van der Waals surface area contributed by atoms with Crippen LogP contribution in [0.2, 0.25) is 0 Å². The molecule has 5 nitrogen and oxygen atoms in total. The van der Waals surface area contributed by atoms with Gasteiger partial charge >= 0.3 is 0 Å². The number of pyridine rings is 1. The zero-order chi connectivity index (χ0) is 11.4. The lowest BCUT2D eigenvalue weighted by Gasteiger charge is -2.01. The molecule has 0 aliphatic rings. The minimum atomic E-state index is -0.702. The molecule has 80 valence electrons. The number of anilines is 1. The van der Waals surface area contributed by atoms with Gasteiger partial charge in [0.05, 0.1) is 0 Å². The fourth-order valence-electron chi connectivity index (χ4n) is 1.08. The van der Waals surface area contributed by atoms with Gasteiger partial charge in [0, 0.05) is 6.20 Å². The average Bonchev–Trinajstić information content (AvgIpc) is 2.30. The van der Waals surface area contributed by atoms with Gasteiger partial charge in [-0.15, -0.1) is 5.10 Å². The number of rotatable bonds is 2. The Morgan fingerprint density at radius 2 is 2.12 bits per heavy atom. The summed E-state index contributed by atoms with van der Waals surface area (Å²) in [5.41, 5.74) is -0.00865. The number of hydrogen-bond acceptors (Lipinski definition) is 4. The van der Waals surface area contributed by atoms with Gasteiger partial charge in [0.25, 0.3) is 5.91 Å². The van der Waals surface area contributed by atoms with Crippen molar-refractivity contribution >= 4 is 11.7 Å². The molecule has 0 unspecified atom stereocenters. The lowest BCUT2D eigenvalue weighted by molar-refractivity contribution is 0.102. The van der Waals surface area contributed by atoms with Crippen LogP contribution in [0.15, 0.2) is 36.5 Å². The smallest absolute Gasteiger partial charge is 0.275 e. The van der Waals surface area contributed by atoms with E-state index in [2.05, 4.69) is 20.5 Å². The highest BCUT2D eigenvalue weighted by Crippen LogP contribution is 2.03. The SMILES string of the molecule is O=C(Nc1cccnn1)c1cccc(F)n1. The van der Waals surface area contributed by atoms with Crippen molar-refractivity contribution in [3.8, 4) is 0 Å². The van der Waals surface area contributed by atoms with Crippen LogP contribution in [0.4, 0.5) is 10.2 Å². The predicted octanol–water partition coefficient (Wildman–Crippen LogP) is 1.26. The number of hydrogen-bond donors (Lipinski definition) is 1. The normalized spacial score (nSPS) is 9.81. The van der Waals surface area contributed by atoms with Gasteiger partial charge in [-0.05, 0) is 24.3 Å². The van der Waals surface area contributed by atoms with Crippen LogP contribution in [-0.4, -0.2) is 21.1 Å². The first-order chi connectivity index (χ1) is 7.75. The maximum Gasteiger partial charge on any atom is 0.275 e. The number of carbonyl (C=O) groups is 1. The van der Waals surface area contributed by atoms with Crippen LogP contribution in [0.5, 0.6) is 0 Å². The van der Waals surface area contributed by atoms with Crippen LogP contribution >= 0.6 is 0 Å². The van der Waals surface area contributed by atoms with Gasteiger partial charge in [0.1, 0.15) is 5.69 Å². The molecule has 2 heterocycles. The number of amides is 1. The monoisotopic (exact) mass is 218 g/mol. The first kappa shape index (κ1) is 10.2. The summed E-state index contributed by atoms with van der Waals surface area (Å²) in [7, 11) is 0. The maximum absolute atomic E-state index is 12.7. The number of nitrogens with one attached hydrogen (secondary N) is 1. The van der Waals surface area contributed by atoms with Crippen molar-refractivity contribution in [2.24, 2.45) is 0 Å². The molecule has 6 heteroatoms. The zero-order valence-corrected chi connectivity index (χ0v) is 8.09. The largest absolute Gasteiger partial charge is 0.304 e. The second kappa shape index (κ2) is 4.43. The van der Waals surface area contributed by atoms with Crippen LogP contribution in [0.1, 0.15) is 10.5 Å². The molecule has 0 fully saturated rings. The lowest BCUT2D eigenvalue weighted by atomic mass is 10.3. The minimum Gasteiger partial charge on any atom is -0.304 e. The third kappa shape index (κ3) is 2.35. The van der Waals surface area contributed by atoms with E-state index in [9.17, 15) is 9.18 Å². The predicted molar refractivity (Wildman–Crippen MR) is 54.2 cm³/mol. The van der Waals surface area contributed by atoms with Gasteiger partial charge in [0.15, 0.2) is 5.82 Å². The van der Waals surface area contributed by atoms with Crippen LogP contribution in [0, 0.1) is 5.95 Å². The number of aromatic nitrogens is 3. The zero-order valence-electron chi connectivity index (χ0n) is 8.09. The molecule has 0 radical (unpaired) electrons. The quantitative estimate of drug-likeness (QED) is 0.770. The van der Waals surface area contributed by atoms with Crippen LogP contribution in [0.3, 0.4) is 0 Å². The summed E-state index contributed by atoms with van der Waals surface area (Å²) < 4.78 is 12.7. The Morgan fingerprint density at radius 1 is 1.25 bits per heavy atom. The molecule has 0 spiro atoms. The van der Waals surface area contributed by atoms with Crippen molar-refractivity contribution in [3.63, 3.8) is 0 Å². The molecule has 0 bridgehead atoms. The lowest BCUT2D eigenvalue weighted by Crippen LogP contribution is -2.15. The van der Waals surface area contributed by atoms with E-state index in [0.29, 0.717) is 5.82 Å². The van der Waals surface area contributed by atoms with Crippen molar-refractivity contribution in [2.45, 2.75) is 0 Å². The van der Waals surface area contributed by atoms with E-state index in [1.54, 1.807) is 12.1 Å². The van der Waals surface area contributed by atoms with E-state index in [1.165, 1.54) is 24.4 Å². The molecular formula is C10H7FN4O. The Balaban J connectivity index is 2.15. The highest BCUT2D eigenvalue weighted by molar-refractivity contribution is 6.02. The summed E-state index contributed by atoms with van der Waals surface area (Å²) in [6.07, 6.45) is 1.48. The molecule has 16 heavy (non-hydrogen) atoms. The maximum atomic E-state index is 12.7. The molecule has 0 aliphatic carbocycles. The molecule has 0 aromatic carbocycles. The van der Waals surface area contributed by atoms with E-state index in [4.69, 9.17) is 0 Å². The molecule has 0 atom stereocenters. The van der Waals surface area contributed by atoms with Crippen molar-refractivity contribution in [2.75, 3.05) is 5.32 Å². The molecule has 1 amide bonds. The fraction of sp³-hybridized carbons (Fsp3) is 0. The highest BCUT2D eigenvalue weighted by Gasteiger charge is 2.08. The summed E-state index contributed by atoms with van der Waals surface area (Å²) in [6, 6.07) is 7.19. The van der Waals surface area contributed by atoms with E-state index < -0.39 is 11.9 Å². The van der Waals surface area contributed by atoms with Crippen LogP contribution in [0.25, 0.3) is 0 Å². The standard InChI is InChI=1S/C10H7FN4O/c11-8-4-1-3-7(13-8)10(16)14-9-5-2-6-12-15-9/h1-6H,(H,14,15,16). The van der Waals surface area contributed by atoms with Crippen LogP contribution in [-0.2, 0) is 0 Å². The van der Waals surface area contributed by atoms with Gasteiger partial charge in [-0.2, -0.15) is 9.49 Å². The highest BCUT2D eigenvalue weighted by atomic mass is 19.1. The van der Waals surface area contributed by atoms with Crippen molar-refractivity contribution < 1.29 is 9.18 Å². The van der Waals surface area contributed by atoms with Crippen molar-refractivity contribution in [3.05, 3.63) is 48.2 Å². The minimum absolute atomic E-state index is 0.00865. The summed E-state index contributed by atoms with van der Waals surface area (Å²) in [5.74, 6) is -0.939. The van der Waals surface area contributed by atoms with Gasteiger partial charge < -0.3 is 5.32 Å². The van der Waals surface area contributed by atoms with E-state index in [0.717, 1.165) is 0 Å². The van der Waals surface area contributed by atoms with Crippen molar-refractivity contribution in [1.29, 1.82) is 0 Å². The molecule has 2 rings (SSSR count). The summed E-state index contributed by atoms with van der Waals surface area (Å²) in [4.78, 5) is 15.0. The summed E-state index contributed by atoms with van der Waals surface area (Å²) in [5, 5.41) is 9.70. The molecule has 0 saturated carbocycles. The Labute approximate surface area is 90.4 Å². The molecule has 1 N–H and O–H groups in total. The Kier molecular flexibility index (Phi) is 2.81. The molecule has 2 aromatic rings. The topological polar surface area (TPSA) is 67.8 Å². The molecule has 0 saturated heterocycles. The van der Waals surface area contributed by atoms with E-state index >= 15 is 0 Å². The average molecular weight is 218 g/mol. The summed E-state index contributed by atoms with van der Waals surface area (Å²) in [6.45, 7) is 0. The van der Waals surface area contributed by atoms with E-state index in [-0.39, 0.29) is 5.69 Å². The first-order valence-electron chi connectivity index (χ1n) is 4.47. The second-order valence-corrected chi connectivity index (χ2v) is 2.91. The number of halogens is 1. The molecular weight excluding hydrogens is 211 g/mol. The molecule has 2 aromatic heterocycles. The first-order valence-corrected chi connectivity index (χ1v) is 4.47. The second-order valence-electron chi connectivity index (χ2n) is 2.91. The Bertz CT molecular complexity index is 503. The van der Waals surface area contributed by atoms with E-state index in [1.807, 2.05) is 0 Å². The van der Waals surface area contributed by atoms with Gasteiger partial charge in [-0.3, -0.25) is 4.79 Å².